The normalized spacial score (nSPS) is 8.95. The molecule has 0 aliphatic heterocycles. The second-order valence-corrected chi connectivity index (χ2v) is 3.77. The summed E-state index contributed by atoms with van der Waals surface area (Å²) in [4.78, 5) is 0. The Bertz CT molecular complexity index is 554. The Kier molecular flexibility index (Phi) is 9.61. The quantitative estimate of drug-likeness (QED) is 0.680. The minimum atomic E-state index is 0. The van der Waals surface area contributed by atoms with Gasteiger partial charge in [-0.3, -0.25) is 0 Å². The van der Waals surface area contributed by atoms with E-state index in [0.717, 1.165) is 11.1 Å². The third-order valence-corrected chi connectivity index (χ3v) is 2.38. The van der Waals surface area contributed by atoms with E-state index in [0.29, 0.717) is 5.75 Å². The van der Waals surface area contributed by atoms with Gasteiger partial charge in [-0.05, 0) is 11.6 Å². The molecule has 21 heavy (non-hydrogen) atoms. The Morgan fingerprint density at radius 3 is 1.90 bits per heavy atom. The highest BCUT2D eigenvalue weighted by Gasteiger charge is 1.93. The van der Waals surface area contributed by atoms with Crippen molar-refractivity contribution >= 4 is 12.2 Å². The molecule has 3 nitrogen and oxygen atoms in total. The van der Waals surface area contributed by atoms with Gasteiger partial charge in [-0.15, -0.1) is 0 Å². The monoisotopic (exact) mass is 284 g/mol. The molecule has 0 heterocycles. The van der Waals surface area contributed by atoms with Gasteiger partial charge >= 0.3 is 0 Å². The fraction of sp³-hybridized carbons (Fsp3) is 0. The average molecular weight is 284 g/mol. The Morgan fingerprint density at radius 2 is 1.38 bits per heavy atom. The number of phenols is 1. The van der Waals surface area contributed by atoms with Crippen LogP contribution < -0.4 is 0 Å². The highest BCUT2D eigenvalue weighted by Crippen LogP contribution is 2.18. The molecule has 2 rings (SSSR count). The molecule has 0 aliphatic carbocycles. The van der Waals surface area contributed by atoms with Crippen LogP contribution in [0.25, 0.3) is 12.2 Å². The summed E-state index contributed by atoms with van der Waals surface area (Å²) in [6.45, 7) is 6.51. The molecule has 0 saturated heterocycles. The minimum Gasteiger partial charge on any atom is -0.507 e. The molecular formula is C18H20O3. The van der Waals surface area contributed by atoms with Gasteiger partial charge in [-0.1, -0.05) is 73.8 Å². The fourth-order valence-electron chi connectivity index (χ4n) is 1.45. The minimum absolute atomic E-state index is 0. The van der Waals surface area contributed by atoms with E-state index in [-0.39, 0.29) is 5.48 Å². The number of para-hydroxylation sites is 1. The maximum Gasteiger partial charge on any atom is 0.122 e. The molecule has 0 aliphatic rings. The van der Waals surface area contributed by atoms with E-state index >= 15 is 0 Å². The molecule has 0 unspecified atom stereocenters. The van der Waals surface area contributed by atoms with Gasteiger partial charge < -0.3 is 15.3 Å². The standard InChI is InChI=1S/C14H12O.C4H6O.H2O/c15-14-9-5-4-8-13(14)11-10-12-6-2-1-3-7-12;1-3-5-4-2;/h1-11,15H;3-4H,1-2H2;1H2. The van der Waals surface area contributed by atoms with E-state index in [1.54, 1.807) is 6.07 Å². The first kappa shape index (κ1) is 18.2. The van der Waals surface area contributed by atoms with Gasteiger partial charge in [0.25, 0.3) is 0 Å². The molecule has 0 saturated carbocycles. The Hall–Kier alpha value is -2.78. The third kappa shape index (κ3) is 7.40. The first-order valence-corrected chi connectivity index (χ1v) is 6.16. The van der Waals surface area contributed by atoms with E-state index in [1.807, 2.05) is 60.7 Å². The van der Waals surface area contributed by atoms with Crippen molar-refractivity contribution in [1.82, 2.24) is 0 Å². The van der Waals surface area contributed by atoms with Gasteiger partial charge in [0, 0.05) is 5.56 Å². The van der Waals surface area contributed by atoms with Gasteiger partial charge in [-0.25, -0.2) is 0 Å². The van der Waals surface area contributed by atoms with Crippen molar-refractivity contribution < 1.29 is 15.3 Å². The van der Waals surface area contributed by atoms with Gasteiger partial charge in [0.2, 0.25) is 0 Å². The van der Waals surface area contributed by atoms with Crippen LogP contribution >= 0.6 is 0 Å². The maximum atomic E-state index is 9.54. The average Bonchev–Trinajstić information content (AvgIpc) is 2.49. The van der Waals surface area contributed by atoms with Gasteiger partial charge in [-0.2, -0.15) is 0 Å². The van der Waals surface area contributed by atoms with Crippen molar-refractivity contribution in [2.45, 2.75) is 0 Å². The highest BCUT2D eigenvalue weighted by molar-refractivity contribution is 5.72. The van der Waals surface area contributed by atoms with E-state index in [1.165, 1.54) is 12.5 Å². The fourth-order valence-corrected chi connectivity index (χ4v) is 1.45. The van der Waals surface area contributed by atoms with Crippen LogP contribution in [0.4, 0.5) is 0 Å². The zero-order valence-electron chi connectivity index (χ0n) is 11.8. The van der Waals surface area contributed by atoms with Gasteiger partial charge in [0.15, 0.2) is 0 Å². The zero-order valence-corrected chi connectivity index (χ0v) is 11.8. The molecular weight excluding hydrogens is 264 g/mol. The van der Waals surface area contributed by atoms with Crippen LogP contribution in [0.1, 0.15) is 11.1 Å². The number of phenolic OH excluding ortho intramolecular Hbond substituents is 1. The number of ether oxygens (including phenoxy) is 1. The van der Waals surface area contributed by atoms with Crippen molar-refractivity contribution in [2.24, 2.45) is 0 Å². The van der Waals surface area contributed by atoms with Crippen molar-refractivity contribution in [3.63, 3.8) is 0 Å². The number of rotatable bonds is 4. The lowest BCUT2D eigenvalue weighted by molar-refractivity contribution is 0.406. The van der Waals surface area contributed by atoms with E-state index in [4.69, 9.17) is 0 Å². The molecule has 0 amide bonds. The van der Waals surface area contributed by atoms with E-state index < -0.39 is 0 Å². The summed E-state index contributed by atoms with van der Waals surface area (Å²) in [6, 6.07) is 17.3. The van der Waals surface area contributed by atoms with Crippen LogP contribution in [0, 0.1) is 0 Å². The first-order chi connectivity index (χ1) is 9.77. The van der Waals surface area contributed by atoms with E-state index in [9.17, 15) is 5.11 Å². The predicted octanol–water partition coefficient (Wildman–Crippen LogP) is 4.03. The van der Waals surface area contributed by atoms with Crippen LogP contribution in [0.2, 0.25) is 0 Å². The summed E-state index contributed by atoms with van der Waals surface area (Å²) in [5.41, 5.74) is 1.96. The molecule has 0 spiro atoms. The molecule has 110 valence electrons. The number of hydrogen-bond acceptors (Lipinski definition) is 2. The van der Waals surface area contributed by atoms with Crippen LogP contribution in [0.15, 0.2) is 80.3 Å². The zero-order chi connectivity index (χ0) is 14.6. The smallest absolute Gasteiger partial charge is 0.122 e. The largest absolute Gasteiger partial charge is 0.507 e. The van der Waals surface area contributed by atoms with Crippen LogP contribution in [0.3, 0.4) is 0 Å². The van der Waals surface area contributed by atoms with Crippen molar-refractivity contribution in [2.75, 3.05) is 0 Å². The second-order valence-electron chi connectivity index (χ2n) is 3.77. The summed E-state index contributed by atoms with van der Waals surface area (Å²) in [5, 5.41) is 9.54. The molecule has 0 bridgehead atoms. The van der Waals surface area contributed by atoms with Crippen molar-refractivity contribution in [1.29, 1.82) is 0 Å². The molecule has 0 atom stereocenters. The molecule has 3 N–H and O–H groups in total. The highest BCUT2D eigenvalue weighted by atomic mass is 16.5. The Balaban J connectivity index is 0.000000583. The second kappa shape index (κ2) is 11.1. The van der Waals surface area contributed by atoms with Gasteiger partial charge in [0.1, 0.15) is 5.75 Å². The Morgan fingerprint density at radius 1 is 0.810 bits per heavy atom. The predicted molar refractivity (Wildman–Crippen MR) is 88.6 cm³/mol. The lowest BCUT2D eigenvalue weighted by atomic mass is 10.1. The third-order valence-electron chi connectivity index (χ3n) is 2.38. The molecule has 2 aromatic carbocycles. The lowest BCUT2D eigenvalue weighted by Gasteiger charge is -1.97. The van der Waals surface area contributed by atoms with Crippen LogP contribution in [-0.4, -0.2) is 10.6 Å². The first-order valence-electron chi connectivity index (χ1n) is 6.16. The molecule has 0 radical (unpaired) electrons. The molecule has 2 aromatic rings. The molecule has 0 aromatic heterocycles. The molecule has 0 fully saturated rings. The number of hydrogen-bond donors (Lipinski definition) is 1. The van der Waals surface area contributed by atoms with Crippen molar-refractivity contribution in [3.05, 3.63) is 91.4 Å². The Labute approximate surface area is 125 Å². The lowest BCUT2D eigenvalue weighted by Crippen LogP contribution is -1.73. The topological polar surface area (TPSA) is 61.0 Å². The van der Waals surface area contributed by atoms with Crippen LogP contribution in [0.5, 0.6) is 5.75 Å². The summed E-state index contributed by atoms with van der Waals surface area (Å²) < 4.78 is 4.36. The van der Waals surface area contributed by atoms with Crippen molar-refractivity contribution in [3.8, 4) is 5.75 Å². The SMILES string of the molecule is C=COC=C.O.Oc1ccccc1C=Cc1ccccc1. The number of benzene rings is 2. The van der Waals surface area contributed by atoms with Crippen LogP contribution in [-0.2, 0) is 4.74 Å². The number of aromatic hydroxyl groups is 1. The maximum absolute atomic E-state index is 9.54. The molecule has 3 heteroatoms. The summed E-state index contributed by atoms with van der Waals surface area (Å²) in [6.07, 6.45) is 6.51. The van der Waals surface area contributed by atoms with Gasteiger partial charge in [0.05, 0.1) is 12.5 Å². The summed E-state index contributed by atoms with van der Waals surface area (Å²) in [5.74, 6) is 0.310. The summed E-state index contributed by atoms with van der Waals surface area (Å²) in [7, 11) is 0. The van der Waals surface area contributed by atoms with E-state index in [2.05, 4.69) is 17.9 Å². The summed E-state index contributed by atoms with van der Waals surface area (Å²) >= 11 is 0.